The quantitative estimate of drug-likeness (QED) is 0.746. The molecule has 0 aliphatic rings. The average Bonchev–Trinajstić information content (AvgIpc) is 2.16. The van der Waals surface area contributed by atoms with Crippen molar-refractivity contribution >= 4 is 17.7 Å². The molecule has 88 valence electrons. The van der Waals surface area contributed by atoms with E-state index in [1.165, 1.54) is 0 Å². The summed E-state index contributed by atoms with van der Waals surface area (Å²) in [5.74, 6) is 0.977. The van der Waals surface area contributed by atoms with Crippen LogP contribution < -0.4 is 16.0 Å². The van der Waals surface area contributed by atoms with Gasteiger partial charge in [0.05, 0.1) is 0 Å². The van der Waals surface area contributed by atoms with E-state index >= 15 is 0 Å². The van der Waals surface area contributed by atoms with Crippen LogP contribution >= 0.6 is 0 Å². The van der Waals surface area contributed by atoms with Crippen LogP contribution in [0.3, 0.4) is 0 Å². The first kappa shape index (κ1) is 12.2. The Morgan fingerprint density at radius 2 is 2.31 bits per heavy atom. The van der Waals surface area contributed by atoms with Gasteiger partial charge in [-0.1, -0.05) is 0 Å². The van der Waals surface area contributed by atoms with E-state index in [9.17, 15) is 4.79 Å². The van der Waals surface area contributed by atoms with E-state index in [1.807, 2.05) is 25.9 Å². The minimum absolute atomic E-state index is 0.0394. The molecule has 0 radical (unpaired) electrons. The second-order valence-electron chi connectivity index (χ2n) is 3.85. The molecule has 0 bridgehead atoms. The lowest BCUT2D eigenvalue weighted by molar-refractivity contribution is -0.118. The minimum Gasteiger partial charge on any atom is -0.370 e. The highest BCUT2D eigenvalue weighted by Crippen LogP contribution is 2.09. The highest BCUT2D eigenvalue weighted by atomic mass is 16.1. The zero-order chi connectivity index (χ0) is 12.1. The molecular weight excluding hydrogens is 206 g/mol. The third-order valence-corrected chi connectivity index (χ3v) is 1.94. The molecule has 0 saturated carbocycles. The lowest BCUT2D eigenvalue weighted by atomic mass is 10.2. The van der Waals surface area contributed by atoms with Crippen molar-refractivity contribution in [3.05, 3.63) is 12.3 Å². The number of rotatable bonds is 5. The molecule has 3 N–H and O–H groups in total. The first-order valence-electron chi connectivity index (χ1n) is 5.04. The van der Waals surface area contributed by atoms with Crippen molar-refractivity contribution in [3.8, 4) is 0 Å². The number of primary amides is 1. The number of carbonyl (C=O) groups excluding carboxylic acids is 1. The molecule has 16 heavy (non-hydrogen) atoms. The van der Waals surface area contributed by atoms with E-state index in [0.717, 1.165) is 0 Å². The van der Waals surface area contributed by atoms with Crippen LogP contribution in [0, 0.1) is 0 Å². The van der Waals surface area contributed by atoms with Gasteiger partial charge >= 0.3 is 0 Å². The largest absolute Gasteiger partial charge is 0.370 e. The van der Waals surface area contributed by atoms with Crippen LogP contribution in [0.25, 0.3) is 0 Å². The van der Waals surface area contributed by atoms with Crippen LogP contribution in [0.2, 0.25) is 0 Å². The number of hydrogen-bond donors (Lipinski definition) is 2. The van der Waals surface area contributed by atoms with Crippen molar-refractivity contribution in [3.63, 3.8) is 0 Å². The Hall–Kier alpha value is -1.85. The number of nitrogens with two attached hydrogens (primary N) is 1. The number of carbonyl (C=O) groups is 1. The zero-order valence-electron chi connectivity index (χ0n) is 9.77. The fraction of sp³-hybridized carbons (Fsp3) is 0.500. The maximum absolute atomic E-state index is 10.7. The highest BCUT2D eigenvalue weighted by Gasteiger charge is 2.07. The molecule has 1 unspecified atom stereocenters. The highest BCUT2D eigenvalue weighted by molar-refractivity contribution is 5.74. The normalized spacial score (nSPS) is 11.9. The van der Waals surface area contributed by atoms with Crippen LogP contribution in [0.4, 0.5) is 11.8 Å². The van der Waals surface area contributed by atoms with E-state index < -0.39 is 0 Å². The predicted octanol–water partition coefficient (Wildman–Crippen LogP) is 0.218. The van der Waals surface area contributed by atoms with Gasteiger partial charge in [0.2, 0.25) is 11.9 Å². The van der Waals surface area contributed by atoms with Crippen LogP contribution in [0.5, 0.6) is 0 Å². The third kappa shape index (κ3) is 3.72. The maximum Gasteiger partial charge on any atom is 0.226 e. The molecule has 0 aliphatic heterocycles. The Kier molecular flexibility index (Phi) is 4.04. The summed E-state index contributed by atoms with van der Waals surface area (Å²) in [4.78, 5) is 20.9. The van der Waals surface area contributed by atoms with Crippen LogP contribution in [-0.4, -0.2) is 36.0 Å². The van der Waals surface area contributed by atoms with Gasteiger partial charge in [-0.15, -0.1) is 0 Å². The molecule has 6 nitrogen and oxygen atoms in total. The van der Waals surface area contributed by atoms with Crippen molar-refractivity contribution < 1.29 is 4.79 Å². The summed E-state index contributed by atoms with van der Waals surface area (Å²) in [6.07, 6.45) is 1.95. The van der Waals surface area contributed by atoms with Crippen molar-refractivity contribution in [2.45, 2.75) is 19.4 Å². The molecule has 1 aromatic rings. The minimum atomic E-state index is -0.332. The lowest BCUT2D eigenvalue weighted by Gasteiger charge is -2.15. The van der Waals surface area contributed by atoms with Gasteiger partial charge in [0, 0.05) is 32.8 Å². The average molecular weight is 223 g/mol. The molecule has 6 heteroatoms. The number of anilines is 2. The summed E-state index contributed by atoms with van der Waals surface area (Å²) in [5.41, 5.74) is 5.11. The molecule has 1 rings (SSSR count). The second-order valence-corrected chi connectivity index (χ2v) is 3.85. The molecule has 0 aromatic carbocycles. The zero-order valence-corrected chi connectivity index (χ0v) is 9.77. The second kappa shape index (κ2) is 5.29. The van der Waals surface area contributed by atoms with Crippen LogP contribution in [-0.2, 0) is 4.79 Å². The summed E-state index contributed by atoms with van der Waals surface area (Å²) in [6, 6.07) is 1.72. The molecule has 1 atom stereocenters. The molecule has 0 spiro atoms. The number of nitrogens with one attached hydrogen (secondary N) is 1. The van der Waals surface area contributed by atoms with Crippen molar-refractivity contribution in [1.29, 1.82) is 0 Å². The predicted molar refractivity (Wildman–Crippen MR) is 63.3 cm³/mol. The van der Waals surface area contributed by atoms with Crippen molar-refractivity contribution in [2.75, 3.05) is 24.3 Å². The maximum atomic E-state index is 10.7. The summed E-state index contributed by atoms with van der Waals surface area (Å²) >= 11 is 0. The van der Waals surface area contributed by atoms with E-state index in [0.29, 0.717) is 11.8 Å². The number of amides is 1. The van der Waals surface area contributed by atoms with E-state index in [-0.39, 0.29) is 18.4 Å². The Bertz CT molecular complexity index is 366. The van der Waals surface area contributed by atoms with Gasteiger partial charge in [0.25, 0.3) is 0 Å². The molecular formula is C10H17N5O. The monoisotopic (exact) mass is 223 g/mol. The summed E-state index contributed by atoms with van der Waals surface area (Å²) in [7, 11) is 3.73. The summed E-state index contributed by atoms with van der Waals surface area (Å²) in [5, 5.41) is 3.09. The Morgan fingerprint density at radius 3 is 2.88 bits per heavy atom. The molecule has 0 aliphatic carbocycles. The Balaban J connectivity index is 2.66. The van der Waals surface area contributed by atoms with Gasteiger partial charge in [-0.25, -0.2) is 4.98 Å². The van der Waals surface area contributed by atoms with Gasteiger partial charge in [0.1, 0.15) is 5.82 Å². The van der Waals surface area contributed by atoms with Gasteiger partial charge in [-0.05, 0) is 13.0 Å². The lowest BCUT2D eigenvalue weighted by Crippen LogP contribution is -2.24. The summed E-state index contributed by atoms with van der Waals surface area (Å²) < 4.78 is 0. The first-order chi connectivity index (χ1) is 7.49. The molecule has 0 saturated heterocycles. The van der Waals surface area contributed by atoms with Gasteiger partial charge < -0.3 is 16.0 Å². The molecule has 1 amide bonds. The van der Waals surface area contributed by atoms with E-state index in [1.54, 1.807) is 12.3 Å². The van der Waals surface area contributed by atoms with Crippen molar-refractivity contribution in [1.82, 2.24) is 9.97 Å². The standard InChI is InChI=1S/C10H17N5O/c1-7(6-8(11)16)13-9-4-5-12-10(14-9)15(2)3/h4-5,7H,6H2,1-3H3,(H2,11,16)(H,12,13,14). The van der Waals surface area contributed by atoms with E-state index in [4.69, 9.17) is 5.73 Å². The molecule has 1 heterocycles. The fourth-order valence-electron chi connectivity index (χ4n) is 1.25. The number of hydrogen-bond acceptors (Lipinski definition) is 5. The van der Waals surface area contributed by atoms with Crippen LogP contribution in [0.1, 0.15) is 13.3 Å². The SMILES string of the molecule is CC(CC(N)=O)Nc1ccnc(N(C)C)n1. The molecule has 1 aromatic heterocycles. The Labute approximate surface area is 94.9 Å². The fourth-order valence-corrected chi connectivity index (χ4v) is 1.25. The number of aromatic nitrogens is 2. The number of nitrogens with zero attached hydrogens (tertiary/aromatic N) is 3. The first-order valence-corrected chi connectivity index (χ1v) is 5.04. The smallest absolute Gasteiger partial charge is 0.226 e. The van der Waals surface area contributed by atoms with Crippen LogP contribution in [0.15, 0.2) is 12.3 Å². The summed E-state index contributed by atoms with van der Waals surface area (Å²) in [6.45, 7) is 1.88. The van der Waals surface area contributed by atoms with Gasteiger partial charge in [-0.3, -0.25) is 4.79 Å². The topological polar surface area (TPSA) is 84.1 Å². The Morgan fingerprint density at radius 1 is 1.62 bits per heavy atom. The van der Waals surface area contributed by atoms with E-state index in [2.05, 4.69) is 15.3 Å². The molecule has 0 fully saturated rings. The third-order valence-electron chi connectivity index (χ3n) is 1.94. The van der Waals surface area contributed by atoms with Gasteiger partial charge in [0.15, 0.2) is 0 Å². The van der Waals surface area contributed by atoms with Crippen molar-refractivity contribution in [2.24, 2.45) is 5.73 Å². The van der Waals surface area contributed by atoms with Gasteiger partial charge in [-0.2, -0.15) is 4.98 Å².